The second-order valence-electron chi connectivity index (χ2n) is 6.35. The van der Waals surface area contributed by atoms with Crippen LogP contribution in [0.25, 0.3) is 0 Å². The van der Waals surface area contributed by atoms with Gasteiger partial charge in [-0.15, -0.1) is 0 Å². The zero-order chi connectivity index (χ0) is 18.5. The van der Waals surface area contributed by atoms with Gasteiger partial charge in [-0.2, -0.15) is 0 Å². The van der Waals surface area contributed by atoms with Gasteiger partial charge >= 0.3 is 0 Å². The van der Waals surface area contributed by atoms with Crippen molar-refractivity contribution in [3.05, 3.63) is 54.0 Å². The number of furan rings is 1. The molecule has 0 aliphatic carbocycles. The van der Waals surface area contributed by atoms with Crippen molar-refractivity contribution < 1.29 is 18.8 Å². The van der Waals surface area contributed by atoms with Crippen molar-refractivity contribution in [1.82, 2.24) is 10.6 Å². The van der Waals surface area contributed by atoms with E-state index < -0.39 is 6.04 Å². The smallest absolute Gasteiger partial charge is 0.254 e. The van der Waals surface area contributed by atoms with Crippen LogP contribution in [0.15, 0.2) is 47.1 Å². The molecular formula is C19H21N3O4. The zero-order valence-electron chi connectivity index (χ0n) is 14.5. The van der Waals surface area contributed by atoms with E-state index in [9.17, 15) is 14.4 Å². The van der Waals surface area contributed by atoms with Crippen LogP contribution in [0, 0.1) is 0 Å². The van der Waals surface area contributed by atoms with Gasteiger partial charge in [-0.25, -0.2) is 0 Å². The first kappa shape index (κ1) is 17.7. The number of benzene rings is 1. The van der Waals surface area contributed by atoms with Crippen LogP contribution in [-0.2, 0) is 16.0 Å². The normalized spacial score (nSPS) is 17.5. The summed E-state index contributed by atoms with van der Waals surface area (Å²) < 4.78 is 5.26. The predicted octanol–water partition coefficient (Wildman–Crippen LogP) is 1.86. The minimum Gasteiger partial charge on any atom is -0.469 e. The molecule has 0 unspecified atom stereocenters. The SMILES string of the molecule is C[C@H](Cc1ccco1)NC(=O)CC[C@@H]1NC(=O)c2ccccc2NC1=O. The molecule has 2 atom stereocenters. The van der Waals surface area contributed by atoms with Gasteiger partial charge in [0.15, 0.2) is 0 Å². The van der Waals surface area contributed by atoms with E-state index in [2.05, 4.69) is 16.0 Å². The molecule has 0 spiro atoms. The van der Waals surface area contributed by atoms with E-state index in [1.807, 2.05) is 13.0 Å². The Morgan fingerprint density at radius 3 is 2.81 bits per heavy atom. The van der Waals surface area contributed by atoms with Crippen LogP contribution in [0.5, 0.6) is 0 Å². The number of carbonyl (C=O) groups excluding carboxylic acids is 3. The van der Waals surface area contributed by atoms with Crippen molar-refractivity contribution in [2.75, 3.05) is 5.32 Å². The first-order valence-electron chi connectivity index (χ1n) is 8.55. The highest BCUT2D eigenvalue weighted by molar-refractivity contribution is 6.09. The highest BCUT2D eigenvalue weighted by Gasteiger charge is 2.27. The Balaban J connectivity index is 1.52. The van der Waals surface area contributed by atoms with Crippen LogP contribution in [0.4, 0.5) is 5.69 Å². The van der Waals surface area contributed by atoms with Crippen LogP contribution in [0.1, 0.15) is 35.9 Å². The van der Waals surface area contributed by atoms with Crippen molar-refractivity contribution in [2.45, 2.75) is 38.3 Å². The molecule has 0 radical (unpaired) electrons. The highest BCUT2D eigenvalue weighted by Crippen LogP contribution is 2.19. The molecule has 0 fully saturated rings. The largest absolute Gasteiger partial charge is 0.469 e. The summed E-state index contributed by atoms with van der Waals surface area (Å²) in [7, 11) is 0. The zero-order valence-corrected chi connectivity index (χ0v) is 14.5. The van der Waals surface area contributed by atoms with Crippen LogP contribution < -0.4 is 16.0 Å². The fourth-order valence-corrected chi connectivity index (χ4v) is 2.92. The molecule has 7 heteroatoms. The molecule has 2 aromatic rings. The first-order valence-corrected chi connectivity index (χ1v) is 8.55. The lowest BCUT2D eigenvalue weighted by Gasteiger charge is -2.16. The maximum absolute atomic E-state index is 12.3. The van der Waals surface area contributed by atoms with E-state index >= 15 is 0 Å². The molecule has 3 amide bonds. The van der Waals surface area contributed by atoms with E-state index in [4.69, 9.17) is 4.42 Å². The molecule has 26 heavy (non-hydrogen) atoms. The summed E-state index contributed by atoms with van der Waals surface area (Å²) in [4.78, 5) is 36.7. The molecular weight excluding hydrogens is 334 g/mol. The molecule has 0 bridgehead atoms. The van der Waals surface area contributed by atoms with E-state index in [1.165, 1.54) is 0 Å². The molecule has 1 aliphatic rings. The van der Waals surface area contributed by atoms with Gasteiger partial charge in [0.05, 0.1) is 17.5 Å². The maximum atomic E-state index is 12.3. The fourth-order valence-electron chi connectivity index (χ4n) is 2.92. The summed E-state index contributed by atoms with van der Waals surface area (Å²) >= 11 is 0. The van der Waals surface area contributed by atoms with Gasteiger partial charge in [-0.1, -0.05) is 12.1 Å². The number of hydrogen-bond acceptors (Lipinski definition) is 4. The van der Waals surface area contributed by atoms with Crippen LogP contribution in [0.2, 0.25) is 0 Å². The van der Waals surface area contributed by atoms with E-state index in [-0.39, 0.29) is 36.6 Å². The Hall–Kier alpha value is -3.09. The fraction of sp³-hybridized carbons (Fsp3) is 0.316. The minimum absolute atomic E-state index is 0.0875. The van der Waals surface area contributed by atoms with Gasteiger partial charge < -0.3 is 20.4 Å². The lowest BCUT2D eigenvalue weighted by Crippen LogP contribution is -2.42. The first-order chi connectivity index (χ1) is 12.5. The maximum Gasteiger partial charge on any atom is 0.254 e. The van der Waals surface area contributed by atoms with Gasteiger partial charge in [-0.3, -0.25) is 14.4 Å². The molecule has 1 aromatic heterocycles. The van der Waals surface area contributed by atoms with Crippen molar-refractivity contribution in [3.8, 4) is 0 Å². The third-order valence-electron chi connectivity index (χ3n) is 4.21. The lowest BCUT2D eigenvalue weighted by molar-refractivity contribution is -0.122. The van der Waals surface area contributed by atoms with E-state index in [1.54, 1.807) is 36.6 Å². The van der Waals surface area contributed by atoms with Crippen LogP contribution in [-0.4, -0.2) is 29.8 Å². The predicted molar refractivity (Wildman–Crippen MR) is 95.6 cm³/mol. The second-order valence-corrected chi connectivity index (χ2v) is 6.35. The Labute approximate surface area is 151 Å². The highest BCUT2D eigenvalue weighted by atomic mass is 16.3. The number of hydrogen-bond donors (Lipinski definition) is 3. The van der Waals surface area contributed by atoms with Crippen molar-refractivity contribution >= 4 is 23.4 Å². The van der Waals surface area contributed by atoms with Crippen molar-refractivity contribution in [3.63, 3.8) is 0 Å². The van der Waals surface area contributed by atoms with Crippen molar-refractivity contribution in [1.29, 1.82) is 0 Å². The summed E-state index contributed by atoms with van der Waals surface area (Å²) in [6.07, 6.45) is 2.55. The number of nitrogens with one attached hydrogen (secondary N) is 3. The van der Waals surface area contributed by atoms with Crippen LogP contribution >= 0.6 is 0 Å². The molecule has 3 N–H and O–H groups in total. The molecule has 1 aliphatic heterocycles. The van der Waals surface area contributed by atoms with Gasteiger partial charge in [-0.05, 0) is 37.6 Å². The summed E-state index contributed by atoms with van der Waals surface area (Å²) in [5.41, 5.74) is 0.897. The Morgan fingerprint density at radius 2 is 2.04 bits per heavy atom. The van der Waals surface area contributed by atoms with E-state index in [0.717, 1.165) is 5.76 Å². The number of carbonyl (C=O) groups is 3. The lowest BCUT2D eigenvalue weighted by atomic mass is 10.1. The van der Waals surface area contributed by atoms with Gasteiger partial charge in [0.2, 0.25) is 11.8 Å². The van der Waals surface area contributed by atoms with Gasteiger partial charge in [0.25, 0.3) is 5.91 Å². The Morgan fingerprint density at radius 1 is 1.23 bits per heavy atom. The standard InChI is InChI=1S/C19H21N3O4/c1-12(11-13-5-4-10-26-13)20-17(23)9-8-16-19(25)21-15-7-3-2-6-14(15)18(24)22-16/h2-7,10,12,16H,8-9,11H2,1H3,(H,20,23)(H,21,25)(H,22,24)/t12-,16+/m1/s1. The number of anilines is 1. The molecule has 7 nitrogen and oxygen atoms in total. The van der Waals surface area contributed by atoms with Gasteiger partial charge in [0, 0.05) is 18.9 Å². The second kappa shape index (κ2) is 7.86. The quantitative estimate of drug-likeness (QED) is 0.736. The van der Waals surface area contributed by atoms with Crippen LogP contribution in [0.3, 0.4) is 0 Å². The summed E-state index contributed by atoms with van der Waals surface area (Å²) in [5, 5.41) is 8.29. The summed E-state index contributed by atoms with van der Waals surface area (Å²) in [5.74, 6) is -0.0193. The third kappa shape index (κ3) is 4.30. The number of para-hydroxylation sites is 1. The number of amides is 3. The molecule has 3 rings (SSSR count). The molecule has 2 heterocycles. The average molecular weight is 355 g/mol. The topological polar surface area (TPSA) is 100 Å². The molecule has 0 saturated carbocycles. The van der Waals surface area contributed by atoms with E-state index in [0.29, 0.717) is 17.7 Å². The molecule has 136 valence electrons. The molecule has 1 aromatic carbocycles. The Kier molecular flexibility index (Phi) is 5.36. The van der Waals surface area contributed by atoms with Gasteiger partial charge in [0.1, 0.15) is 11.8 Å². The average Bonchev–Trinajstić information content (AvgIpc) is 3.07. The minimum atomic E-state index is -0.749. The Bertz CT molecular complexity index is 801. The summed E-state index contributed by atoms with van der Waals surface area (Å²) in [6.45, 7) is 1.89. The molecule has 0 saturated heterocycles. The third-order valence-corrected chi connectivity index (χ3v) is 4.21. The summed E-state index contributed by atoms with van der Waals surface area (Å²) in [6, 6.07) is 9.63. The monoisotopic (exact) mass is 355 g/mol. The van der Waals surface area contributed by atoms with Crippen molar-refractivity contribution in [2.24, 2.45) is 0 Å². The number of rotatable bonds is 6. The number of fused-ring (bicyclic) bond motifs is 1.